The lowest BCUT2D eigenvalue weighted by molar-refractivity contribution is -0.0302. The van der Waals surface area contributed by atoms with Gasteiger partial charge in [0.25, 0.3) is 0 Å². The molecule has 1 aliphatic carbocycles. The molecule has 7 nitrogen and oxygen atoms in total. The average molecular weight is 370 g/mol. The summed E-state index contributed by atoms with van der Waals surface area (Å²) in [6, 6.07) is 7.28. The molecule has 5 rings (SSSR count). The van der Waals surface area contributed by atoms with E-state index in [1.165, 1.54) is 11.8 Å². The summed E-state index contributed by atoms with van der Waals surface area (Å²) in [7, 11) is 0. The molecule has 3 atom stereocenters. The van der Waals surface area contributed by atoms with Crippen molar-refractivity contribution in [2.75, 3.05) is 33.0 Å². The van der Waals surface area contributed by atoms with Crippen LogP contribution in [-0.2, 0) is 9.47 Å². The van der Waals surface area contributed by atoms with Crippen molar-refractivity contribution in [1.82, 2.24) is 9.78 Å². The van der Waals surface area contributed by atoms with E-state index >= 15 is 0 Å². The molecule has 2 aromatic rings. The number of carbonyl (C=O) groups is 1. The van der Waals surface area contributed by atoms with Crippen LogP contribution < -0.4 is 4.74 Å². The Balaban J connectivity index is 1.40. The van der Waals surface area contributed by atoms with Crippen LogP contribution in [0.4, 0.5) is 0 Å². The number of ether oxygens (including phenoxy) is 3. The number of aldehydes is 1. The molecule has 27 heavy (non-hydrogen) atoms. The maximum Gasteiger partial charge on any atom is 0.157 e. The van der Waals surface area contributed by atoms with Crippen LogP contribution in [0, 0.1) is 11.3 Å². The Morgan fingerprint density at radius 1 is 1.33 bits per heavy atom. The number of rotatable bonds is 6. The second-order valence-corrected chi connectivity index (χ2v) is 7.65. The van der Waals surface area contributed by atoms with E-state index in [4.69, 9.17) is 14.2 Å². The smallest absolute Gasteiger partial charge is 0.157 e. The van der Waals surface area contributed by atoms with Crippen LogP contribution in [0.5, 0.6) is 11.5 Å². The first-order valence-corrected chi connectivity index (χ1v) is 9.33. The summed E-state index contributed by atoms with van der Waals surface area (Å²) in [6.45, 7) is 3.24. The van der Waals surface area contributed by atoms with E-state index in [1.54, 1.807) is 12.1 Å². The van der Waals surface area contributed by atoms with Crippen LogP contribution in [0.15, 0.2) is 30.5 Å². The lowest BCUT2D eigenvalue weighted by Gasteiger charge is -2.28. The molecule has 1 N–H and O–H groups in total. The molecular weight excluding hydrogens is 348 g/mol. The first-order chi connectivity index (χ1) is 13.2. The number of aromatic nitrogens is 2. The lowest BCUT2D eigenvalue weighted by atomic mass is 10.0. The van der Waals surface area contributed by atoms with Gasteiger partial charge in [0.05, 0.1) is 38.0 Å². The molecule has 0 radical (unpaired) electrons. The van der Waals surface area contributed by atoms with Gasteiger partial charge < -0.3 is 19.3 Å². The second kappa shape index (κ2) is 6.35. The summed E-state index contributed by atoms with van der Waals surface area (Å²) in [6.07, 6.45) is 3.47. The molecule has 1 saturated carbocycles. The van der Waals surface area contributed by atoms with Crippen LogP contribution in [0.2, 0.25) is 0 Å². The highest BCUT2D eigenvalue weighted by molar-refractivity contribution is 5.83. The number of nitrogens with zero attached hydrogens (tertiary/aromatic N) is 2. The Kier molecular flexibility index (Phi) is 3.94. The summed E-state index contributed by atoms with van der Waals surface area (Å²) in [5.74, 6) is 1.14. The predicted octanol–water partition coefficient (Wildman–Crippen LogP) is 2.17. The van der Waals surface area contributed by atoms with Gasteiger partial charge in [-0.15, -0.1) is 0 Å². The number of hydrogen-bond acceptors (Lipinski definition) is 6. The Labute approximate surface area is 156 Å². The molecular formula is C20H22N2O5. The van der Waals surface area contributed by atoms with Gasteiger partial charge in [-0.2, -0.15) is 5.10 Å². The van der Waals surface area contributed by atoms with Crippen molar-refractivity contribution < 1.29 is 24.1 Å². The van der Waals surface area contributed by atoms with Gasteiger partial charge in [-0.25, -0.2) is 0 Å². The standard InChI is InChI=1S/C20H22N2O5/c23-8-14-17(24)2-1-3-18(14)27-12-20-11-25-7-5-15(20)19(20)16-4-6-21-22(16)13-9-26-10-13/h1-4,6,8,13,15,19,24H,5,7,9-12H2/t15-,19?,20?/m1/s1. The minimum atomic E-state index is -0.119. The third-order valence-electron chi connectivity index (χ3n) is 6.24. The predicted molar refractivity (Wildman–Crippen MR) is 95.2 cm³/mol. The Hall–Kier alpha value is -2.38. The van der Waals surface area contributed by atoms with Gasteiger partial charge in [0.15, 0.2) is 6.29 Å². The van der Waals surface area contributed by atoms with Crippen LogP contribution >= 0.6 is 0 Å². The summed E-state index contributed by atoms with van der Waals surface area (Å²) in [5.41, 5.74) is 1.29. The molecule has 2 saturated heterocycles. The van der Waals surface area contributed by atoms with E-state index in [0.29, 0.717) is 56.3 Å². The van der Waals surface area contributed by atoms with Crippen molar-refractivity contribution in [3.8, 4) is 11.5 Å². The molecule has 3 aliphatic rings. The van der Waals surface area contributed by atoms with E-state index in [-0.39, 0.29) is 16.7 Å². The summed E-state index contributed by atoms with van der Waals surface area (Å²) < 4.78 is 19.3. The highest BCUT2D eigenvalue weighted by Crippen LogP contribution is 2.68. The zero-order chi connectivity index (χ0) is 18.4. The second-order valence-electron chi connectivity index (χ2n) is 7.65. The topological polar surface area (TPSA) is 82.8 Å². The summed E-state index contributed by atoms with van der Waals surface area (Å²) >= 11 is 0. The van der Waals surface area contributed by atoms with Gasteiger partial charge in [-0.3, -0.25) is 9.48 Å². The lowest BCUT2D eigenvalue weighted by Crippen LogP contribution is -2.33. The Morgan fingerprint density at radius 3 is 3.00 bits per heavy atom. The van der Waals surface area contributed by atoms with Crippen molar-refractivity contribution in [3.63, 3.8) is 0 Å². The number of carbonyl (C=O) groups excluding carboxylic acids is 1. The van der Waals surface area contributed by atoms with Crippen molar-refractivity contribution in [1.29, 1.82) is 0 Å². The molecule has 3 fully saturated rings. The molecule has 0 spiro atoms. The van der Waals surface area contributed by atoms with Crippen LogP contribution in [0.1, 0.15) is 34.4 Å². The molecule has 2 unspecified atom stereocenters. The summed E-state index contributed by atoms with van der Waals surface area (Å²) in [5, 5.41) is 14.4. The molecule has 0 amide bonds. The zero-order valence-corrected chi connectivity index (χ0v) is 14.9. The fourth-order valence-electron chi connectivity index (χ4n) is 4.67. The van der Waals surface area contributed by atoms with Crippen molar-refractivity contribution in [3.05, 3.63) is 41.7 Å². The normalized spacial score (nSPS) is 29.6. The van der Waals surface area contributed by atoms with Gasteiger partial charge >= 0.3 is 0 Å². The number of aromatic hydroxyl groups is 1. The number of phenolic OH excluding ortho intramolecular Hbond substituents is 1. The maximum atomic E-state index is 11.3. The first-order valence-electron chi connectivity index (χ1n) is 9.33. The maximum absolute atomic E-state index is 11.3. The van der Waals surface area contributed by atoms with Crippen LogP contribution in [-0.4, -0.2) is 54.2 Å². The van der Waals surface area contributed by atoms with E-state index in [1.807, 2.05) is 6.20 Å². The first kappa shape index (κ1) is 16.8. The monoisotopic (exact) mass is 370 g/mol. The molecule has 1 aromatic heterocycles. The molecule has 142 valence electrons. The SMILES string of the molecule is O=Cc1c(O)cccc1OCC12COCC[C@@H]1C2c1ccnn1C1COC1. The van der Waals surface area contributed by atoms with Crippen molar-refractivity contribution in [2.45, 2.75) is 18.4 Å². The van der Waals surface area contributed by atoms with Gasteiger partial charge in [-0.05, 0) is 30.5 Å². The zero-order valence-electron chi connectivity index (χ0n) is 14.9. The van der Waals surface area contributed by atoms with E-state index in [9.17, 15) is 9.90 Å². The number of hydrogen-bond donors (Lipinski definition) is 1. The summed E-state index contributed by atoms with van der Waals surface area (Å²) in [4.78, 5) is 11.3. The highest BCUT2D eigenvalue weighted by atomic mass is 16.5. The van der Waals surface area contributed by atoms with Gasteiger partial charge in [0, 0.05) is 29.8 Å². The van der Waals surface area contributed by atoms with E-state index in [0.717, 1.165) is 13.0 Å². The Morgan fingerprint density at radius 2 is 2.22 bits per heavy atom. The molecule has 3 heterocycles. The van der Waals surface area contributed by atoms with Crippen LogP contribution in [0.3, 0.4) is 0 Å². The highest BCUT2D eigenvalue weighted by Gasteiger charge is 2.67. The number of benzene rings is 1. The minimum absolute atomic E-state index is 0.0631. The van der Waals surface area contributed by atoms with E-state index in [2.05, 4.69) is 15.8 Å². The molecule has 2 aliphatic heterocycles. The van der Waals surface area contributed by atoms with Gasteiger partial charge in [-0.1, -0.05) is 6.07 Å². The molecule has 0 bridgehead atoms. The van der Waals surface area contributed by atoms with Gasteiger partial charge in [0.2, 0.25) is 0 Å². The van der Waals surface area contributed by atoms with E-state index < -0.39 is 0 Å². The largest absolute Gasteiger partial charge is 0.507 e. The third-order valence-corrected chi connectivity index (χ3v) is 6.24. The molecule has 1 aromatic carbocycles. The quantitative estimate of drug-likeness (QED) is 0.785. The Bertz CT molecular complexity index is 862. The van der Waals surface area contributed by atoms with Crippen molar-refractivity contribution >= 4 is 6.29 Å². The third kappa shape index (κ3) is 2.56. The number of fused-ring (bicyclic) bond motifs is 1. The van der Waals surface area contributed by atoms with Crippen LogP contribution in [0.25, 0.3) is 0 Å². The van der Waals surface area contributed by atoms with Crippen molar-refractivity contribution in [2.24, 2.45) is 11.3 Å². The van der Waals surface area contributed by atoms with Gasteiger partial charge in [0.1, 0.15) is 11.5 Å². The molecule has 7 heteroatoms. The average Bonchev–Trinajstić information content (AvgIpc) is 3.08. The fraction of sp³-hybridized carbons (Fsp3) is 0.500. The number of phenols is 1. The minimum Gasteiger partial charge on any atom is -0.507 e. The fourth-order valence-corrected chi connectivity index (χ4v) is 4.67.